The molecule has 5 heteroatoms. The quantitative estimate of drug-likeness (QED) is 0.899. The molecule has 1 amide bonds. The topological polar surface area (TPSA) is 58.1 Å². The van der Waals surface area contributed by atoms with Gasteiger partial charge < -0.3 is 10.2 Å². The van der Waals surface area contributed by atoms with Gasteiger partial charge in [0.25, 0.3) is 5.91 Å². The zero-order valence-electron chi connectivity index (χ0n) is 16.4. The van der Waals surface area contributed by atoms with Crippen LogP contribution in [0.5, 0.6) is 0 Å². The van der Waals surface area contributed by atoms with Gasteiger partial charge in [-0.1, -0.05) is 24.6 Å². The van der Waals surface area contributed by atoms with E-state index in [0.29, 0.717) is 11.5 Å². The number of aromatic nitrogens is 2. The largest absolute Gasteiger partial charge is 0.356 e. The van der Waals surface area contributed by atoms with Gasteiger partial charge in [0.1, 0.15) is 17.3 Å². The fraction of sp³-hybridized carbons (Fsp3) is 0.476. The van der Waals surface area contributed by atoms with E-state index >= 15 is 0 Å². The van der Waals surface area contributed by atoms with Gasteiger partial charge in [-0.3, -0.25) is 4.79 Å². The summed E-state index contributed by atoms with van der Waals surface area (Å²) in [5.74, 6) is 2.05. The second-order valence-corrected chi connectivity index (χ2v) is 7.56. The number of benzene rings is 1. The van der Waals surface area contributed by atoms with E-state index in [1.54, 1.807) is 0 Å². The molecule has 0 bridgehead atoms. The van der Waals surface area contributed by atoms with Gasteiger partial charge >= 0.3 is 0 Å². The molecule has 1 aliphatic rings. The van der Waals surface area contributed by atoms with E-state index in [1.165, 1.54) is 5.56 Å². The van der Waals surface area contributed by atoms with Gasteiger partial charge in [-0.15, -0.1) is 0 Å². The van der Waals surface area contributed by atoms with Crippen LogP contribution in [0.15, 0.2) is 18.2 Å². The second-order valence-electron chi connectivity index (χ2n) is 7.56. The number of piperidine rings is 1. The van der Waals surface area contributed by atoms with Crippen molar-refractivity contribution in [1.82, 2.24) is 9.97 Å². The molecular weight excluding hydrogens is 324 g/mol. The Morgan fingerprint density at radius 1 is 1.04 bits per heavy atom. The van der Waals surface area contributed by atoms with Crippen LogP contribution in [0, 0.1) is 33.6 Å². The lowest BCUT2D eigenvalue weighted by molar-refractivity contribution is 0.102. The van der Waals surface area contributed by atoms with E-state index in [-0.39, 0.29) is 5.91 Å². The van der Waals surface area contributed by atoms with Gasteiger partial charge in [-0.2, -0.15) is 0 Å². The third-order valence-electron chi connectivity index (χ3n) is 5.08. The molecular formula is C21H28N4O. The van der Waals surface area contributed by atoms with Gasteiger partial charge in [-0.05, 0) is 57.6 Å². The smallest absolute Gasteiger partial charge is 0.274 e. The average molecular weight is 352 g/mol. The molecule has 0 unspecified atom stereocenters. The van der Waals surface area contributed by atoms with Crippen molar-refractivity contribution in [3.8, 4) is 0 Å². The molecule has 1 fully saturated rings. The Morgan fingerprint density at radius 3 is 2.27 bits per heavy atom. The van der Waals surface area contributed by atoms with Crippen LogP contribution in [-0.4, -0.2) is 29.0 Å². The van der Waals surface area contributed by atoms with Gasteiger partial charge in [0.15, 0.2) is 0 Å². The molecule has 138 valence electrons. The molecule has 26 heavy (non-hydrogen) atoms. The SMILES string of the molecule is Cc1cc(C)c(NC(=O)c2cc(N3CCC(C)CC3)nc(C)n2)c(C)c1. The third kappa shape index (κ3) is 4.03. The Kier molecular flexibility index (Phi) is 5.25. The van der Waals surface area contributed by atoms with Crippen molar-refractivity contribution in [2.45, 2.75) is 47.5 Å². The summed E-state index contributed by atoms with van der Waals surface area (Å²) >= 11 is 0. The number of hydrogen-bond acceptors (Lipinski definition) is 4. The maximum Gasteiger partial charge on any atom is 0.274 e. The number of rotatable bonds is 3. The second kappa shape index (κ2) is 7.44. The van der Waals surface area contributed by atoms with E-state index in [9.17, 15) is 4.79 Å². The van der Waals surface area contributed by atoms with Gasteiger partial charge in [0.2, 0.25) is 0 Å². The van der Waals surface area contributed by atoms with Crippen molar-refractivity contribution in [2.75, 3.05) is 23.3 Å². The number of carbonyl (C=O) groups is 1. The maximum atomic E-state index is 12.8. The lowest BCUT2D eigenvalue weighted by Gasteiger charge is -2.31. The Balaban J connectivity index is 1.84. The van der Waals surface area contributed by atoms with Gasteiger partial charge in [0, 0.05) is 24.8 Å². The summed E-state index contributed by atoms with van der Waals surface area (Å²) in [6, 6.07) is 5.97. The molecule has 1 saturated heterocycles. The highest BCUT2D eigenvalue weighted by atomic mass is 16.1. The van der Waals surface area contributed by atoms with Crippen molar-refractivity contribution in [2.24, 2.45) is 5.92 Å². The van der Waals surface area contributed by atoms with Crippen LogP contribution in [0.1, 0.15) is 52.8 Å². The number of anilines is 2. The first-order valence-corrected chi connectivity index (χ1v) is 9.33. The molecule has 1 aromatic carbocycles. The molecule has 1 N–H and O–H groups in total. The van der Waals surface area contributed by atoms with E-state index in [4.69, 9.17) is 0 Å². The minimum atomic E-state index is -0.183. The zero-order chi connectivity index (χ0) is 18.8. The Morgan fingerprint density at radius 2 is 1.65 bits per heavy atom. The maximum absolute atomic E-state index is 12.8. The first kappa shape index (κ1) is 18.4. The molecule has 2 heterocycles. The van der Waals surface area contributed by atoms with Crippen LogP contribution in [0.3, 0.4) is 0 Å². The number of nitrogens with one attached hydrogen (secondary N) is 1. The summed E-state index contributed by atoms with van der Waals surface area (Å²) in [6.07, 6.45) is 2.32. The summed E-state index contributed by atoms with van der Waals surface area (Å²) in [7, 11) is 0. The van der Waals surface area contributed by atoms with Crippen LogP contribution in [0.25, 0.3) is 0 Å². The highest BCUT2D eigenvalue weighted by Crippen LogP contribution is 2.24. The number of nitrogens with zero attached hydrogens (tertiary/aromatic N) is 3. The van der Waals surface area contributed by atoms with E-state index in [0.717, 1.165) is 54.5 Å². The molecule has 0 aliphatic carbocycles. The highest BCUT2D eigenvalue weighted by Gasteiger charge is 2.20. The van der Waals surface area contributed by atoms with Crippen molar-refractivity contribution < 1.29 is 4.79 Å². The summed E-state index contributed by atoms with van der Waals surface area (Å²) in [6.45, 7) is 12.2. The summed E-state index contributed by atoms with van der Waals surface area (Å²) in [5.41, 5.74) is 4.60. The van der Waals surface area contributed by atoms with E-state index in [2.05, 4.69) is 46.2 Å². The summed E-state index contributed by atoms with van der Waals surface area (Å²) in [5, 5.41) is 3.04. The fourth-order valence-electron chi connectivity index (χ4n) is 3.62. The van der Waals surface area contributed by atoms with Gasteiger partial charge in [0.05, 0.1) is 0 Å². The predicted octanol–water partition coefficient (Wildman–Crippen LogP) is 4.20. The van der Waals surface area contributed by atoms with Crippen LogP contribution in [0.2, 0.25) is 0 Å². The predicted molar refractivity (Wildman–Crippen MR) is 106 cm³/mol. The van der Waals surface area contributed by atoms with Crippen molar-refractivity contribution in [3.63, 3.8) is 0 Å². The van der Waals surface area contributed by atoms with Crippen molar-refractivity contribution in [1.29, 1.82) is 0 Å². The lowest BCUT2D eigenvalue weighted by Crippen LogP contribution is -2.34. The molecule has 0 atom stereocenters. The normalized spacial score (nSPS) is 15.2. The molecule has 3 rings (SSSR count). The fourth-order valence-corrected chi connectivity index (χ4v) is 3.62. The molecule has 0 spiro atoms. The lowest BCUT2D eigenvalue weighted by atomic mass is 9.99. The standard InChI is InChI=1S/C21H28N4O/c1-13-6-8-25(9-7-13)19-12-18(22-17(5)23-19)21(26)24-20-15(3)10-14(2)11-16(20)4/h10-13H,6-9H2,1-5H3,(H,24,26). The number of amides is 1. The molecule has 0 radical (unpaired) electrons. The summed E-state index contributed by atoms with van der Waals surface area (Å²) in [4.78, 5) is 24.0. The van der Waals surface area contributed by atoms with Crippen molar-refractivity contribution in [3.05, 3.63) is 46.4 Å². The van der Waals surface area contributed by atoms with E-state index in [1.807, 2.05) is 26.8 Å². The first-order chi connectivity index (χ1) is 12.3. The third-order valence-corrected chi connectivity index (χ3v) is 5.08. The number of aryl methyl sites for hydroxylation is 4. The minimum Gasteiger partial charge on any atom is -0.356 e. The monoisotopic (exact) mass is 352 g/mol. The Bertz CT molecular complexity index is 800. The zero-order valence-corrected chi connectivity index (χ0v) is 16.4. The van der Waals surface area contributed by atoms with Crippen LogP contribution in [0.4, 0.5) is 11.5 Å². The first-order valence-electron chi connectivity index (χ1n) is 9.33. The minimum absolute atomic E-state index is 0.183. The number of hydrogen-bond donors (Lipinski definition) is 1. The van der Waals surface area contributed by atoms with Crippen LogP contribution >= 0.6 is 0 Å². The number of carbonyl (C=O) groups excluding carboxylic acids is 1. The molecule has 0 saturated carbocycles. The molecule has 1 aliphatic heterocycles. The summed E-state index contributed by atoms with van der Waals surface area (Å²) < 4.78 is 0. The van der Waals surface area contributed by atoms with Crippen LogP contribution < -0.4 is 10.2 Å². The van der Waals surface area contributed by atoms with E-state index < -0.39 is 0 Å². The molecule has 5 nitrogen and oxygen atoms in total. The Labute approximate surface area is 155 Å². The van der Waals surface area contributed by atoms with Gasteiger partial charge in [-0.25, -0.2) is 9.97 Å². The van der Waals surface area contributed by atoms with Crippen LogP contribution in [-0.2, 0) is 0 Å². The van der Waals surface area contributed by atoms with Crippen molar-refractivity contribution >= 4 is 17.4 Å². The Hall–Kier alpha value is -2.43. The molecule has 2 aromatic rings. The highest BCUT2D eigenvalue weighted by molar-refractivity contribution is 6.04. The average Bonchev–Trinajstić information content (AvgIpc) is 2.58. The molecule has 1 aromatic heterocycles.